The monoisotopic (exact) mass is 367 g/mol. The van der Waals surface area contributed by atoms with E-state index in [9.17, 15) is 4.79 Å². The summed E-state index contributed by atoms with van der Waals surface area (Å²) in [5, 5.41) is 3.38. The minimum Gasteiger partial charge on any atom is -0.494 e. The fourth-order valence-electron chi connectivity index (χ4n) is 2.66. The van der Waals surface area contributed by atoms with E-state index in [4.69, 9.17) is 17.0 Å². The van der Waals surface area contributed by atoms with Gasteiger partial charge in [0.05, 0.1) is 12.3 Å². The summed E-state index contributed by atoms with van der Waals surface area (Å²) in [6.45, 7) is 2.53. The molecule has 134 valence electrons. The summed E-state index contributed by atoms with van der Waals surface area (Å²) in [5.41, 5.74) is 3.20. The Kier molecular flexibility index (Phi) is 5.23. The first-order valence-electron chi connectivity index (χ1n) is 8.37. The van der Waals surface area contributed by atoms with E-state index in [0.717, 1.165) is 17.0 Å². The van der Waals surface area contributed by atoms with Gasteiger partial charge in [0, 0.05) is 19.8 Å². The Labute approximate surface area is 158 Å². The number of rotatable bonds is 5. The van der Waals surface area contributed by atoms with Gasteiger partial charge in [-0.3, -0.25) is 9.69 Å². The zero-order chi connectivity index (χ0) is 18.7. The van der Waals surface area contributed by atoms with Gasteiger partial charge in [-0.15, -0.1) is 0 Å². The molecule has 2 aromatic rings. The van der Waals surface area contributed by atoms with E-state index in [-0.39, 0.29) is 5.91 Å². The standard InChI is InChI=1S/C20H21N3O2S/c1-4-25-17-11-9-16(10-12-17)23-19(24)18(21-20(23)26)13-14-5-7-15(8-6-14)22(2)3/h5-13H,4H2,1-3H3,(H,21,26). The Hall–Kier alpha value is -2.86. The second kappa shape index (κ2) is 7.58. The van der Waals surface area contributed by atoms with Crippen molar-refractivity contribution in [2.75, 3.05) is 30.5 Å². The van der Waals surface area contributed by atoms with E-state index in [2.05, 4.69) is 5.32 Å². The first kappa shape index (κ1) is 17.9. The van der Waals surface area contributed by atoms with Crippen molar-refractivity contribution in [1.29, 1.82) is 0 Å². The molecule has 2 aromatic carbocycles. The molecule has 0 bridgehead atoms. The lowest BCUT2D eigenvalue weighted by Crippen LogP contribution is -2.30. The van der Waals surface area contributed by atoms with Crippen molar-refractivity contribution in [1.82, 2.24) is 5.32 Å². The molecule has 0 saturated carbocycles. The number of hydrogen-bond donors (Lipinski definition) is 1. The molecule has 5 nitrogen and oxygen atoms in total. The number of nitrogens with one attached hydrogen (secondary N) is 1. The van der Waals surface area contributed by atoms with Crippen LogP contribution in [0.4, 0.5) is 11.4 Å². The number of benzene rings is 2. The molecule has 1 fully saturated rings. The Bertz CT molecular complexity index is 842. The highest BCUT2D eigenvalue weighted by Gasteiger charge is 2.31. The number of carbonyl (C=O) groups is 1. The van der Waals surface area contributed by atoms with Crippen molar-refractivity contribution in [3.8, 4) is 5.75 Å². The Balaban J connectivity index is 1.81. The summed E-state index contributed by atoms with van der Waals surface area (Å²) in [7, 11) is 3.98. The van der Waals surface area contributed by atoms with Gasteiger partial charge >= 0.3 is 0 Å². The molecule has 0 aliphatic carbocycles. The highest BCUT2D eigenvalue weighted by atomic mass is 32.1. The summed E-state index contributed by atoms with van der Waals surface area (Å²) < 4.78 is 5.44. The van der Waals surface area contributed by atoms with E-state index >= 15 is 0 Å². The molecule has 0 aromatic heterocycles. The van der Waals surface area contributed by atoms with Gasteiger partial charge in [-0.25, -0.2) is 0 Å². The van der Waals surface area contributed by atoms with Gasteiger partial charge in [0.15, 0.2) is 5.11 Å². The minimum atomic E-state index is -0.171. The first-order chi connectivity index (χ1) is 12.5. The summed E-state index contributed by atoms with van der Waals surface area (Å²) >= 11 is 5.35. The van der Waals surface area contributed by atoms with Crippen LogP contribution in [-0.2, 0) is 4.79 Å². The number of ether oxygens (including phenoxy) is 1. The van der Waals surface area contributed by atoms with E-state index in [1.54, 1.807) is 0 Å². The number of nitrogens with zero attached hydrogens (tertiary/aromatic N) is 2. The average molecular weight is 367 g/mol. The second-order valence-corrected chi connectivity index (χ2v) is 6.43. The van der Waals surface area contributed by atoms with Crippen LogP contribution in [0.1, 0.15) is 12.5 Å². The summed E-state index contributed by atoms with van der Waals surface area (Å²) in [6, 6.07) is 15.3. The van der Waals surface area contributed by atoms with Crippen LogP contribution in [0.2, 0.25) is 0 Å². The first-order valence-corrected chi connectivity index (χ1v) is 8.78. The van der Waals surface area contributed by atoms with Crippen molar-refractivity contribution in [3.63, 3.8) is 0 Å². The fraction of sp³-hybridized carbons (Fsp3) is 0.200. The maximum Gasteiger partial charge on any atom is 0.281 e. The number of carbonyl (C=O) groups excluding carboxylic acids is 1. The van der Waals surface area contributed by atoms with Gasteiger partial charge in [-0.05, 0) is 67.2 Å². The highest BCUT2D eigenvalue weighted by molar-refractivity contribution is 7.80. The Morgan fingerprint density at radius 3 is 2.35 bits per heavy atom. The summed E-state index contributed by atoms with van der Waals surface area (Å²) in [6.07, 6.45) is 1.81. The molecule has 0 spiro atoms. The van der Waals surface area contributed by atoms with Crippen molar-refractivity contribution < 1.29 is 9.53 Å². The van der Waals surface area contributed by atoms with Crippen LogP contribution >= 0.6 is 12.2 Å². The molecule has 26 heavy (non-hydrogen) atoms. The van der Waals surface area contributed by atoms with Crippen LogP contribution in [0.3, 0.4) is 0 Å². The van der Waals surface area contributed by atoms with Crippen molar-refractivity contribution in [2.45, 2.75) is 6.92 Å². The molecule has 1 aliphatic heterocycles. The molecule has 1 amide bonds. The van der Waals surface area contributed by atoms with Crippen molar-refractivity contribution in [3.05, 3.63) is 59.8 Å². The Morgan fingerprint density at radius 1 is 1.12 bits per heavy atom. The molecule has 1 heterocycles. The van der Waals surface area contributed by atoms with Gasteiger partial charge < -0.3 is 15.0 Å². The predicted octanol–water partition coefficient (Wildman–Crippen LogP) is 3.41. The van der Waals surface area contributed by atoms with Crippen LogP contribution in [-0.4, -0.2) is 31.7 Å². The van der Waals surface area contributed by atoms with Crippen LogP contribution < -0.4 is 19.9 Å². The van der Waals surface area contributed by atoms with Crippen LogP contribution in [0.25, 0.3) is 6.08 Å². The number of hydrogen-bond acceptors (Lipinski definition) is 4. The summed E-state index contributed by atoms with van der Waals surface area (Å²) in [5.74, 6) is 0.592. The SMILES string of the molecule is CCOc1ccc(N2C(=O)C(=Cc3ccc(N(C)C)cc3)NC2=S)cc1. The maximum absolute atomic E-state index is 12.8. The van der Waals surface area contributed by atoms with E-state index < -0.39 is 0 Å². The largest absolute Gasteiger partial charge is 0.494 e. The molecular formula is C20H21N3O2S. The lowest BCUT2D eigenvalue weighted by atomic mass is 10.1. The molecule has 6 heteroatoms. The smallest absolute Gasteiger partial charge is 0.281 e. The van der Waals surface area contributed by atoms with Gasteiger partial charge in [0.2, 0.25) is 0 Å². The van der Waals surface area contributed by atoms with E-state index in [0.29, 0.717) is 23.1 Å². The lowest BCUT2D eigenvalue weighted by molar-refractivity contribution is -0.113. The zero-order valence-electron chi connectivity index (χ0n) is 15.0. The molecule has 1 saturated heterocycles. The zero-order valence-corrected chi connectivity index (χ0v) is 15.8. The molecule has 3 rings (SSSR count). The van der Waals surface area contributed by atoms with E-state index in [1.807, 2.05) is 80.5 Å². The fourth-order valence-corrected chi connectivity index (χ4v) is 2.96. The van der Waals surface area contributed by atoms with Crippen molar-refractivity contribution in [2.24, 2.45) is 0 Å². The third-order valence-electron chi connectivity index (χ3n) is 4.00. The third-order valence-corrected chi connectivity index (χ3v) is 4.29. The Morgan fingerprint density at radius 2 is 1.77 bits per heavy atom. The highest BCUT2D eigenvalue weighted by Crippen LogP contribution is 2.25. The summed E-state index contributed by atoms with van der Waals surface area (Å²) in [4.78, 5) is 16.3. The number of thiocarbonyl (C=S) groups is 1. The van der Waals surface area contributed by atoms with Gasteiger partial charge in [0.1, 0.15) is 11.4 Å². The minimum absolute atomic E-state index is 0.171. The van der Waals surface area contributed by atoms with Crippen molar-refractivity contribution >= 4 is 40.7 Å². The lowest BCUT2D eigenvalue weighted by Gasteiger charge is -2.14. The molecule has 0 radical (unpaired) electrons. The topological polar surface area (TPSA) is 44.8 Å². The molecular weight excluding hydrogens is 346 g/mol. The molecule has 0 atom stereocenters. The van der Waals surface area contributed by atoms with Crippen LogP contribution in [0.15, 0.2) is 54.2 Å². The second-order valence-electron chi connectivity index (χ2n) is 6.04. The maximum atomic E-state index is 12.8. The average Bonchev–Trinajstić information content (AvgIpc) is 2.90. The van der Waals surface area contributed by atoms with E-state index in [1.165, 1.54) is 4.90 Å². The normalized spacial score (nSPS) is 15.3. The quantitative estimate of drug-likeness (QED) is 0.648. The van der Waals surface area contributed by atoms with Gasteiger partial charge in [-0.2, -0.15) is 0 Å². The number of amides is 1. The van der Waals surface area contributed by atoms with Crippen LogP contribution in [0.5, 0.6) is 5.75 Å². The van der Waals surface area contributed by atoms with Gasteiger partial charge in [0.25, 0.3) is 5.91 Å². The predicted molar refractivity (Wildman–Crippen MR) is 110 cm³/mol. The third kappa shape index (κ3) is 3.70. The van der Waals surface area contributed by atoms with Crippen LogP contribution in [0, 0.1) is 0 Å². The molecule has 0 unspecified atom stereocenters. The van der Waals surface area contributed by atoms with Gasteiger partial charge in [-0.1, -0.05) is 12.1 Å². The molecule has 1 aliphatic rings. The molecule has 1 N–H and O–H groups in total. The number of anilines is 2.